The van der Waals surface area contributed by atoms with Crippen molar-refractivity contribution in [2.24, 2.45) is 0 Å². The van der Waals surface area contributed by atoms with Crippen LogP contribution in [0.5, 0.6) is 0 Å². The Morgan fingerprint density at radius 2 is 2.00 bits per heavy atom. The summed E-state index contributed by atoms with van der Waals surface area (Å²) in [4.78, 5) is 27.1. The van der Waals surface area contributed by atoms with Gasteiger partial charge in [-0.25, -0.2) is 0 Å². The van der Waals surface area contributed by atoms with Crippen LogP contribution < -0.4 is 5.30 Å². The van der Waals surface area contributed by atoms with Gasteiger partial charge in [-0.05, 0) is 6.07 Å². The van der Waals surface area contributed by atoms with Crippen LogP contribution in [0.15, 0.2) is 18.2 Å². The lowest BCUT2D eigenvalue weighted by molar-refractivity contribution is -0.384. The monoisotopic (exact) mass is 237 g/mol. The van der Waals surface area contributed by atoms with Crippen LogP contribution in [0.2, 0.25) is 5.02 Å². The predicted octanol–water partition coefficient (Wildman–Crippen LogP) is 1.05. The number of hydrogen-bond acceptors (Lipinski definition) is 3. The lowest BCUT2D eigenvalue weighted by Crippen LogP contribution is -2.05. The van der Waals surface area contributed by atoms with Gasteiger partial charge in [0.05, 0.1) is 15.3 Å². The standard InChI is InChI=1S/C6H5ClNO5P/c7-5-3-4(8(9)10)1-2-6(5)14(11,12)13/h1-3H,(H2,11,12,13). The number of nitro benzene ring substituents is 1. The van der Waals surface area contributed by atoms with E-state index in [9.17, 15) is 14.7 Å². The minimum absolute atomic E-state index is 0.312. The molecule has 0 amide bonds. The molecule has 0 unspecified atom stereocenters. The van der Waals surface area contributed by atoms with E-state index < -0.39 is 17.8 Å². The maximum Gasteiger partial charge on any atom is 0.357 e. The largest absolute Gasteiger partial charge is 0.357 e. The first-order valence-corrected chi connectivity index (χ1v) is 5.31. The number of rotatable bonds is 2. The summed E-state index contributed by atoms with van der Waals surface area (Å²) in [6.07, 6.45) is 0. The van der Waals surface area contributed by atoms with E-state index in [1.807, 2.05) is 0 Å². The van der Waals surface area contributed by atoms with E-state index in [0.29, 0.717) is 0 Å². The van der Waals surface area contributed by atoms with Crippen molar-refractivity contribution in [1.82, 2.24) is 0 Å². The molecule has 0 aromatic heterocycles. The summed E-state index contributed by atoms with van der Waals surface area (Å²) < 4.78 is 10.8. The number of nitrogens with zero attached hydrogens (tertiary/aromatic N) is 1. The maximum absolute atomic E-state index is 10.8. The quantitative estimate of drug-likeness (QED) is 0.455. The normalized spacial score (nSPS) is 11.4. The van der Waals surface area contributed by atoms with Gasteiger partial charge < -0.3 is 9.79 Å². The number of non-ortho nitro benzene ring substituents is 1. The third-order valence-corrected chi connectivity index (χ3v) is 2.92. The summed E-state index contributed by atoms with van der Waals surface area (Å²) in [7, 11) is -4.46. The predicted molar refractivity (Wildman–Crippen MR) is 49.8 cm³/mol. The number of benzene rings is 1. The van der Waals surface area contributed by atoms with Crippen molar-refractivity contribution in [2.75, 3.05) is 0 Å². The molecule has 76 valence electrons. The highest BCUT2D eigenvalue weighted by atomic mass is 35.5. The minimum atomic E-state index is -4.46. The molecular formula is C6H5ClNO5P. The lowest BCUT2D eigenvalue weighted by Gasteiger charge is -2.04. The summed E-state index contributed by atoms with van der Waals surface area (Å²) >= 11 is 5.46. The molecule has 2 N–H and O–H groups in total. The molecular weight excluding hydrogens is 232 g/mol. The molecule has 0 aliphatic rings. The molecule has 0 atom stereocenters. The zero-order chi connectivity index (χ0) is 10.9. The van der Waals surface area contributed by atoms with Gasteiger partial charge in [0, 0.05) is 12.1 Å². The summed E-state index contributed by atoms with van der Waals surface area (Å²) in [5.74, 6) is 0. The molecule has 0 fully saturated rings. The fourth-order valence-electron chi connectivity index (χ4n) is 0.846. The Hall–Kier alpha value is -0.940. The summed E-state index contributed by atoms with van der Waals surface area (Å²) in [5, 5.41) is 9.54. The molecule has 1 aromatic carbocycles. The Bertz CT molecular complexity index is 428. The van der Waals surface area contributed by atoms with Crippen LogP contribution in [0.3, 0.4) is 0 Å². The third kappa shape index (κ3) is 2.30. The lowest BCUT2D eigenvalue weighted by atomic mass is 10.3. The molecule has 1 rings (SSSR count). The van der Waals surface area contributed by atoms with Crippen LogP contribution in [0.1, 0.15) is 0 Å². The van der Waals surface area contributed by atoms with E-state index in [0.717, 1.165) is 18.2 Å². The zero-order valence-corrected chi connectivity index (χ0v) is 8.27. The minimum Gasteiger partial charge on any atom is -0.321 e. The first-order valence-electron chi connectivity index (χ1n) is 3.32. The Morgan fingerprint density at radius 3 is 2.36 bits per heavy atom. The number of halogens is 1. The van der Waals surface area contributed by atoms with Crippen LogP contribution in [0.25, 0.3) is 0 Å². The highest BCUT2D eigenvalue weighted by Gasteiger charge is 2.22. The Balaban J connectivity index is 3.28. The highest BCUT2D eigenvalue weighted by Crippen LogP contribution is 2.37. The van der Waals surface area contributed by atoms with E-state index in [1.165, 1.54) is 0 Å². The van der Waals surface area contributed by atoms with Crippen molar-refractivity contribution in [3.63, 3.8) is 0 Å². The molecule has 6 nitrogen and oxygen atoms in total. The molecule has 0 saturated heterocycles. The molecule has 0 bridgehead atoms. The average Bonchev–Trinajstić information content (AvgIpc) is 2.01. The second kappa shape index (κ2) is 3.67. The fraction of sp³-hybridized carbons (Fsp3) is 0. The summed E-state index contributed by atoms with van der Waals surface area (Å²) in [5.41, 5.74) is -0.313. The van der Waals surface area contributed by atoms with Crippen LogP contribution in [-0.2, 0) is 4.57 Å². The highest BCUT2D eigenvalue weighted by molar-refractivity contribution is 7.60. The van der Waals surface area contributed by atoms with Crippen molar-refractivity contribution >= 4 is 30.2 Å². The molecule has 8 heteroatoms. The van der Waals surface area contributed by atoms with Gasteiger partial charge in [0.1, 0.15) is 0 Å². The van der Waals surface area contributed by atoms with Gasteiger partial charge in [0.15, 0.2) is 0 Å². The molecule has 0 aliphatic carbocycles. The first kappa shape index (κ1) is 11.1. The van der Waals surface area contributed by atoms with Crippen molar-refractivity contribution in [3.05, 3.63) is 33.3 Å². The molecule has 0 spiro atoms. The van der Waals surface area contributed by atoms with Gasteiger partial charge in [-0.3, -0.25) is 14.7 Å². The van der Waals surface area contributed by atoms with Crippen molar-refractivity contribution < 1.29 is 19.3 Å². The van der Waals surface area contributed by atoms with Gasteiger partial charge in [-0.2, -0.15) is 0 Å². The van der Waals surface area contributed by atoms with Crippen LogP contribution in [-0.4, -0.2) is 14.7 Å². The summed E-state index contributed by atoms with van der Waals surface area (Å²) in [6, 6.07) is 2.83. The Labute approximate surface area is 83.4 Å². The van der Waals surface area contributed by atoms with E-state index in [2.05, 4.69) is 0 Å². The Kier molecular flexibility index (Phi) is 2.92. The van der Waals surface area contributed by atoms with Gasteiger partial charge in [0.25, 0.3) is 5.69 Å². The molecule has 0 aliphatic heterocycles. The van der Waals surface area contributed by atoms with Crippen LogP contribution in [0, 0.1) is 10.1 Å². The zero-order valence-electron chi connectivity index (χ0n) is 6.62. The second-order valence-electron chi connectivity index (χ2n) is 2.44. The molecule has 0 radical (unpaired) electrons. The molecule has 0 heterocycles. The molecule has 0 saturated carbocycles. The topological polar surface area (TPSA) is 101 Å². The maximum atomic E-state index is 10.8. The summed E-state index contributed by atoms with van der Waals surface area (Å²) in [6.45, 7) is 0. The van der Waals surface area contributed by atoms with Crippen molar-refractivity contribution in [3.8, 4) is 0 Å². The van der Waals surface area contributed by atoms with Gasteiger partial charge >= 0.3 is 7.60 Å². The van der Waals surface area contributed by atoms with E-state index in [-0.39, 0.29) is 10.7 Å². The molecule has 1 aromatic rings. The number of nitro groups is 1. The number of hydrogen-bond donors (Lipinski definition) is 2. The fourth-order valence-corrected chi connectivity index (χ4v) is 1.96. The smallest absolute Gasteiger partial charge is 0.321 e. The van der Waals surface area contributed by atoms with E-state index in [4.69, 9.17) is 21.4 Å². The average molecular weight is 238 g/mol. The Morgan fingerprint density at radius 1 is 1.43 bits per heavy atom. The molecule has 14 heavy (non-hydrogen) atoms. The van der Waals surface area contributed by atoms with Crippen LogP contribution in [0.4, 0.5) is 5.69 Å². The van der Waals surface area contributed by atoms with Crippen LogP contribution >= 0.6 is 19.2 Å². The van der Waals surface area contributed by atoms with Crippen molar-refractivity contribution in [2.45, 2.75) is 0 Å². The van der Waals surface area contributed by atoms with Gasteiger partial charge in [-0.1, -0.05) is 11.6 Å². The van der Waals surface area contributed by atoms with Gasteiger partial charge in [-0.15, -0.1) is 0 Å². The van der Waals surface area contributed by atoms with Gasteiger partial charge in [0.2, 0.25) is 0 Å². The first-order chi connectivity index (χ1) is 6.32. The second-order valence-corrected chi connectivity index (χ2v) is 4.41. The SMILES string of the molecule is O=[N+]([O-])c1ccc(P(=O)(O)O)c(Cl)c1. The van der Waals surface area contributed by atoms with E-state index in [1.54, 1.807) is 0 Å². The third-order valence-electron chi connectivity index (χ3n) is 1.46. The van der Waals surface area contributed by atoms with Crippen molar-refractivity contribution in [1.29, 1.82) is 0 Å². The van der Waals surface area contributed by atoms with E-state index >= 15 is 0 Å².